The summed E-state index contributed by atoms with van der Waals surface area (Å²) in [6.45, 7) is 4.98. The minimum Gasteiger partial charge on any atom is -0.507 e. The van der Waals surface area contributed by atoms with Crippen molar-refractivity contribution in [3.05, 3.63) is 95.1 Å². The fourth-order valence-corrected chi connectivity index (χ4v) is 5.76. The molecule has 2 aliphatic heterocycles. The van der Waals surface area contributed by atoms with Crippen LogP contribution in [0.15, 0.2) is 72.8 Å². The number of rotatable bonds is 6. The topological polar surface area (TPSA) is 111 Å². The fraction of sp³-hybridized carbons (Fsp3) is 0.300. The SMILES string of the molecule is CCOC(=O)C1(C(=O)OCC)N[C@H](c2cccc(C)c2O)[C@]2(Oc3ccccc3C2=O)[C@@H]1c1ccccc1. The molecule has 196 valence electrons. The number of phenols is 1. The Labute approximate surface area is 220 Å². The lowest BCUT2D eigenvalue weighted by molar-refractivity contribution is -0.167. The van der Waals surface area contributed by atoms with Gasteiger partial charge in [0.05, 0.1) is 30.7 Å². The molecule has 3 atom stereocenters. The highest BCUT2D eigenvalue weighted by Crippen LogP contribution is 2.59. The Morgan fingerprint density at radius 2 is 1.55 bits per heavy atom. The minimum atomic E-state index is -2.16. The van der Waals surface area contributed by atoms with Gasteiger partial charge in [-0.05, 0) is 44.0 Å². The van der Waals surface area contributed by atoms with E-state index in [2.05, 4.69) is 5.32 Å². The molecule has 2 aliphatic rings. The van der Waals surface area contributed by atoms with Crippen molar-refractivity contribution < 1.29 is 33.7 Å². The van der Waals surface area contributed by atoms with Crippen molar-refractivity contribution in [1.82, 2.24) is 5.32 Å². The fourth-order valence-electron chi connectivity index (χ4n) is 5.76. The molecular weight excluding hydrogens is 486 g/mol. The van der Waals surface area contributed by atoms with Crippen molar-refractivity contribution in [2.75, 3.05) is 13.2 Å². The molecule has 0 radical (unpaired) electrons. The summed E-state index contributed by atoms with van der Waals surface area (Å²) in [4.78, 5) is 42.3. The van der Waals surface area contributed by atoms with Crippen molar-refractivity contribution in [2.24, 2.45) is 0 Å². The van der Waals surface area contributed by atoms with E-state index in [0.717, 1.165) is 0 Å². The Kier molecular flexibility index (Phi) is 6.44. The van der Waals surface area contributed by atoms with E-state index in [-0.39, 0.29) is 19.0 Å². The first-order valence-corrected chi connectivity index (χ1v) is 12.6. The van der Waals surface area contributed by atoms with Crippen LogP contribution in [-0.2, 0) is 19.1 Å². The molecule has 3 aromatic rings. The normalized spacial score (nSPS) is 23.1. The molecule has 38 heavy (non-hydrogen) atoms. The second kappa shape index (κ2) is 9.61. The van der Waals surface area contributed by atoms with Gasteiger partial charge >= 0.3 is 11.9 Å². The van der Waals surface area contributed by atoms with Gasteiger partial charge < -0.3 is 19.3 Å². The summed E-state index contributed by atoms with van der Waals surface area (Å²) in [5, 5.41) is 14.3. The third-order valence-corrected chi connectivity index (χ3v) is 7.34. The first-order chi connectivity index (χ1) is 18.3. The van der Waals surface area contributed by atoms with Gasteiger partial charge in [0.2, 0.25) is 16.9 Å². The number of nitrogens with one attached hydrogen (secondary N) is 1. The first-order valence-electron chi connectivity index (χ1n) is 12.6. The molecule has 0 aliphatic carbocycles. The Morgan fingerprint density at radius 1 is 0.921 bits per heavy atom. The second-order valence-corrected chi connectivity index (χ2v) is 9.40. The van der Waals surface area contributed by atoms with E-state index < -0.39 is 40.8 Å². The van der Waals surface area contributed by atoms with Gasteiger partial charge in [-0.2, -0.15) is 0 Å². The lowest BCUT2D eigenvalue weighted by atomic mass is 9.68. The third-order valence-electron chi connectivity index (χ3n) is 7.34. The summed E-state index contributed by atoms with van der Waals surface area (Å²) in [6, 6.07) is 19.6. The molecule has 2 N–H and O–H groups in total. The Bertz CT molecular complexity index is 1380. The summed E-state index contributed by atoms with van der Waals surface area (Å²) >= 11 is 0. The predicted molar refractivity (Wildman–Crippen MR) is 138 cm³/mol. The number of aromatic hydroxyl groups is 1. The number of phenolic OH excluding ortho intramolecular Hbond substituents is 1. The average Bonchev–Trinajstić information content (AvgIpc) is 3.39. The monoisotopic (exact) mass is 515 g/mol. The quantitative estimate of drug-likeness (QED) is 0.374. The van der Waals surface area contributed by atoms with Crippen molar-refractivity contribution in [3.63, 3.8) is 0 Å². The van der Waals surface area contributed by atoms with Gasteiger partial charge in [0.1, 0.15) is 11.5 Å². The van der Waals surface area contributed by atoms with Crippen LogP contribution >= 0.6 is 0 Å². The minimum absolute atomic E-state index is 0.00836. The molecule has 5 rings (SSSR count). The van der Waals surface area contributed by atoms with E-state index in [0.29, 0.717) is 28.0 Å². The van der Waals surface area contributed by atoms with E-state index in [9.17, 15) is 19.5 Å². The largest absolute Gasteiger partial charge is 0.507 e. The van der Waals surface area contributed by atoms with Crippen molar-refractivity contribution in [1.29, 1.82) is 0 Å². The lowest BCUT2D eigenvalue weighted by Gasteiger charge is -2.37. The van der Waals surface area contributed by atoms with E-state index in [1.165, 1.54) is 0 Å². The summed E-state index contributed by atoms with van der Waals surface area (Å²) in [5.74, 6) is -3.18. The number of hydrogen-bond donors (Lipinski definition) is 2. The van der Waals surface area contributed by atoms with Crippen LogP contribution in [0, 0.1) is 6.92 Å². The summed E-state index contributed by atoms with van der Waals surface area (Å²) in [5.41, 5.74) is -2.32. The molecule has 0 bridgehead atoms. The molecule has 0 amide bonds. The van der Waals surface area contributed by atoms with Gasteiger partial charge in [-0.3, -0.25) is 10.1 Å². The summed E-state index contributed by atoms with van der Waals surface area (Å²) < 4.78 is 17.5. The van der Waals surface area contributed by atoms with Crippen molar-refractivity contribution in [3.8, 4) is 11.5 Å². The predicted octanol–water partition coefficient (Wildman–Crippen LogP) is 4.01. The number of aryl methyl sites for hydroxylation is 1. The molecule has 8 heteroatoms. The van der Waals surface area contributed by atoms with Gasteiger partial charge in [-0.15, -0.1) is 0 Å². The molecule has 3 aromatic carbocycles. The number of fused-ring (bicyclic) bond motifs is 1. The molecule has 1 spiro atoms. The van der Waals surface area contributed by atoms with E-state index in [1.807, 2.05) is 0 Å². The number of esters is 2. The van der Waals surface area contributed by atoms with Crippen LogP contribution in [0.1, 0.15) is 52.9 Å². The number of carbonyl (C=O) groups is 3. The number of carbonyl (C=O) groups excluding carboxylic acids is 3. The third kappa shape index (κ3) is 3.51. The highest BCUT2D eigenvalue weighted by atomic mass is 16.6. The maximum Gasteiger partial charge on any atom is 0.338 e. The van der Waals surface area contributed by atoms with Crippen LogP contribution in [0.25, 0.3) is 0 Å². The van der Waals surface area contributed by atoms with Crippen LogP contribution in [0.5, 0.6) is 11.5 Å². The molecule has 0 saturated carbocycles. The van der Waals surface area contributed by atoms with E-state index in [4.69, 9.17) is 14.2 Å². The van der Waals surface area contributed by atoms with Gasteiger partial charge in [-0.1, -0.05) is 60.7 Å². The number of para-hydroxylation sites is 2. The Balaban J connectivity index is 1.88. The van der Waals surface area contributed by atoms with Gasteiger partial charge in [0.25, 0.3) is 0 Å². The van der Waals surface area contributed by atoms with Crippen molar-refractivity contribution in [2.45, 2.75) is 43.9 Å². The van der Waals surface area contributed by atoms with Crippen LogP contribution in [0.3, 0.4) is 0 Å². The summed E-state index contributed by atoms with van der Waals surface area (Å²) in [6.07, 6.45) is 0. The van der Waals surface area contributed by atoms with Crippen LogP contribution in [0.2, 0.25) is 0 Å². The zero-order chi connectivity index (χ0) is 27.1. The number of Topliss-reactive ketones (excluding diaryl/α,β-unsaturated/α-hetero) is 1. The van der Waals surface area contributed by atoms with Gasteiger partial charge in [0.15, 0.2) is 0 Å². The smallest absolute Gasteiger partial charge is 0.338 e. The molecule has 1 fully saturated rings. The lowest BCUT2D eigenvalue weighted by Crippen LogP contribution is -2.61. The summed E-state index contributed by atoms with van der Waals surface area (Å²) in [7, 11) is 0. The Hall–Kier alpha value is -4.17. The van der Waals surface area contributed by atoms with E-state index >= 15 is 0 Å². The van der Waals surface area contributed by atoms with Crippen LogP contribution in [0.4, 0.5) is 0 Å². The second-order valence-electron chi connectivity index (χ2n) is 9.40. The number of benzene rings is 3. The van der Waals surface area contributed by atoms with Gasteiger partial charge in [0, 0.05) is 5.56 Å². The molecule has 1 saturated heterocycles. The standard InChI is InChI=1S/C30H29NO7/c1-4-36-27(34)29(28(35)37-5-2)24(19-13-7-6-8-14-19)30(26(33)20-15-9-10-17-22(20)38-30)25(31-29)21-16-11-12-18(3)23(21)32/h6-17,24-25,31-32H,4-5H2,1-3H3/t24-,25-,30-/m1/s1. The molecule has 8 nitrogen and oxygen atoms in total. The zero-order valence-electron chi connectivity index (χ0n) is 21.4. The molecule has 0 aromatic heterocycles. The number of hydrogen-bond acceptors (Lipinski definition) is 8. The van der Waals surface area contributed by atoms with Crippen LogP contribution in [-0.4, -0.2) is 47.2 Å². The zero-order valence-corrected chi connectivity index (χ0v) is 21.4. The average molecular weight is 516 g/mol. The van der Waals surface area contributed by atoms with Gasteiger partial charge in [-0.25, -0.2) is 9.59 Å². The molecule has 2 heterocycles. The maximum atomic E-state index is 14.5. The molecule has 0 unspecified atom stereocenters. The van der Waals surface area contributed by atoms with E-state index in [1.54, 1.807) is 93.6 Å². The Morgan fingerprint density at radius 3 is 2.18 bits per heavy atom. The highest BCUT2D eigenvalue weighted by molar-refractivity contribution is 6.14. The molecular formula is C30H29NO7. The first kappa shape index (κ1) is 25.5. The van der Waals surface area contributed by atoms with Crippen LogP contribution < -0.4 is 10.1 Å². The number of ether oxygens (including phenoxy) is 3. The maximum absolute atomic E-state index is 14.5. The number of ketones is 1. The van der Waals surface area contributed by atoms with Crippen molar-refractivity contribution >= 4 is 17.7 Å². The highest BCUT2D eigenvalue weighted by Gasteiger charge is 2.77.